The van der Waals surface area contributed by atoms with Gasteiger partial charge in [-0.25, -0.2) is 0 Å². The molecule has 1 aliphatic rings. The van der Waals surface area contributed by atoms with E-state index in [2.05, 4.69) is 10.2 Å². The Hall–Kier alpha value is -1.91. The SMILES string of the molecule is O=Nc1ccc2c(c1)[N+](=O)C=NC2. The maximum atomic E-state index is 11.2. The van der Waals surface area contributed by atoms with E-state index in [-0.39, 0.29) is 5.69 Å². The molecule has 0 bridgehead atoms. The Morgan fingerprint density at radius 2 is 2.31 bits per heavy atom. The van der Waals surface area contributed by atoms with Gasteiger partial charge in [0.15, 0.2) is 12.2 Å². The lowest BCUT2D eigenvalue weighted by Gasteiger charge is -2.01. The van der Waals surface area contributed by atoms with Crippen molar-refractivity contribution in [3.63, 3.8) is 0 Å². The van der Waals surface area contributed by atoms with Gasteiger partial charge < -0.3 is 0 Å². The molecule has 0 aromatic heterocycles. The number of rotatable bonds is 1. The predicted octanol–water partition coefficient (Wildman–Crippen LogP) is 2.04. The van der Waals surface area contributed by atoms with Crippen LogP contribution in [0.2, 0.25) is 0 Å². The fourth-order valence-electron chi connectivity index (χ4n) is 1.22. The van der Waals surface area contributed by atoms with Gasteiger partial charge in [0.05, 0.1) is 0 Å². The first-order valence-electron chi connectivity index (χ1n) is 3.74. The molecule has 1 aromatic rings. The number of fused-ring (bicyclic) bond motifs is 1. The Balaban J connectivity index is 2.57. The van der Waals surface area contributed by atoms with Crippen molar-refractivity contribution in [2.45, 2.75) is 6.54 Å². The minimum Gasteiger partial charge on any atom is -0.145 e. The topological polar surface area (TPSA) is 61.9 Å². The molecule has 5 nitrogen and oxygen atoms in total. The van der Waals surface area contributed by atoms with Crippen molar-refractivity contribution in [2.75, 3.05) is 0 Å². The molecule has 2 rings (SSSR count). The van der Waals surface area contributed by atoms with E-state index in [0.29, 0.717) is 17.0 Å². The molecule has 13 heavy (non-hydrogen) atoms. The highest BCUT2D eigenvalue weighted by Crippen LogP contribution is 2.26. The van der Waals surface area contributed by atoms with Crippen molar-refractivity contribution in [3.05, 3.63) is 33.6 Å². The summed E-state index contributed by atoms with van der Waals surface area (Å²) in [5.74, 6) is 0. The standard InChI is InChI=1S/C8H6N3O2/c12-10-7-2-1-6-4-9-5-11(13)8(6)3-7/h1-3,5H,4H2/q+1. The summed E-state index contributed by atoms with van der Waals surface area (Å²) >= 11 is 0. The molecule has 0 fully saturated rings. The van der Waals surface area contributed by atoms with Crippen molar-refractivity contribution < 1.29 is 4.76 Å². The third-order valence-electron chi connectivity index (χ3n) is 1.86. The van der Waals surface area contributed by atoms with E-state index in [1.807, 2.05) is 0 Å². The van der Waals surface area contributed by atoms with Gasteiger partial charge in [0.1, 0.15) is 5.69 Å². The number of aliphatic imine (C=N–C) groups is 1. The van der Waals surface area contributed by atoms with Crippen LogP contribution in [0.15, 0.2) is 28.4 Å². The highest BCUT2D eigenvalue weighted by atomic mass is 16.3. The molecule has 5 heteroatoms. The van der Waals surface area contributed by atoms with Gasteiger partial charge in [-0.1, -0.05) is 9.90 Å². The van der Waals surface area contributed by atoms with Gasteiger partial charge >= 0.3 is 6.34 Å². The van der Waals surface area contributed by atoms with E-state index in [9.17, 15) is 9.81 Å². The fourth-order valence-corrected chi connectivity index (χ4v) is 1.22. The summed E-state index contributed by atoms with van der Waals surface area (Å²) in [5, 5.41) is 2.75. The molecular weight excluding hydrogens is 170 g/mol. The lowest BCUT2D eigenvalue weighted by molar-refractivity contribution is -0.323. The quantitative estimate of drug-likeness (QED) is 0.485. The van der Waals surface area contributed by atoms with E-state index in [0.717, 1.165) is 5.56 Å². The molecule has 0 radical (unpaired) electrons. The number of nitroso groups, excluding NO2 is 2. The molecular formula is C8H6N3O2+. The van der Waals surface area contributed by atoms with E-state index in [4.69, 9.17) is 0 Å². The van der Waals surface area contributed by atoms with E-state index in [1.165, 1.54) is 12.4 Å². The fraction of sp³-hybridized carbons (Fsp3) is 0.125. The van der Waals surface area contributed by atoms with Crippen molar-refractivity contribution >= 4 is 17.7 Å². The first-order chi connectivity index (χ1) is 6.31. The van der Waals surface area contributed by atoms with Crippen molar-refractivity contribution in [3.8, 4) is 0 Å². The zero-order chi connectivity index (χ0) is 9.26. The smallest absolute Gasteiger partial charge is 0.145 e. The zero-order valence-electron chi connectivity index (χ0n) is 6.67. The molecule has 1 heterocycles. The average Bonchev–Trinajstić information content (AvgIpc) is 2.18. The molecule has 0 amide bonds. The molecule has 0 unspecified atom stereocenters. The number of hydrogen-bond donors (Lipinski definition) is 0. The molecule has 0 N–H and O–H groups in total. The first-order valence-corrected chi connectivity index (χ1v) is 3.74. The third-order valence-corrected chi connectivity index (χ3v) is 1.86. The zero-order valence-corrected chi connectivity index (χ0v) is 6.67. The van der Waals surface area contributed by atoms with Crippen LogP contribution < -0.4 is 0 Å². The molecule has 1 aliphatic heterocycles. The first kappa shape index (κ1) is 7.72. The molecule has 0 saturated heterocycles. The van der Waals surface area contributed by atoms with Crippen LogP contribution in [0.25, 0.3) is 0 Å². The van der Waals surface area contributed by atoms with Crippen LogP contribution in [0.5, 0.6) is 0 Å². The van der Waals surface area contributed by atoms with Crippen molar-refractivity contribution in [1.29, 1.82) is 0 Å². The largest absolute Gasteiger partial charge is 0.325 e. The van der Waals surface area contributed by atoms with Crippen LogP contribution in [0.3, 0.4) is 0 Å². The number of nitrogens with zero attached hydrogens (tertiary/aromatic N) is 3. The Labute approximate surface area is 73.7 Å². The minimum absolute atomic E-state index is 0.259. The van der Waals surface area contributed by atoms with Crippen LogP contribution in [0, 0.1) is 9.81 Å². The van der Waals surface area contributed by atoms with Gasteiger partial charge in [-0.2, -0.15) is 0 Å². The summed E-state index contributed by atoms with van der Waals surface area (Å²) in [6.45, 7) is 0.479. The second kappa shape index (κ2) is 2.85. The minimum atomic E-state index is 0.259. The number of benzene rings is 1. The Morgan fingerprint density at radius 3 is 3.08 bits per heavy atom. The normalized spacial score (nSPS) is 14.0. The Bertz CT molecular complexity index is 412. The highest BCUT2D eigenvalue weighted by molar-refractivity contribution is 5.60. The van der Waals surface area contributed by atoms with Gasteiger partial charge in [0.25, 0.3) is 0 Å². The van der Waals surface area contributed by atoms with E-state index < -0.39 is 0 Å². The van der Waals surface area contributed by atoms with E-state index in [1.54, 1.807) is 12.1 Å². The summed E-state index contributed by atoms with van der Waals surface area (Å²) in [5.41, 5.74) is 1.52. The van der Waals surface area contributed by atoms with Crippen LogP contribution in [0.1, 0.15) is 5.56 Å². The Kier molecular flexibility index (Phi) is 1.70. The summed E-state index contributed by atoms with van der Waals surface area (Å²) < 4.78 is 0.632. The monoisotopic (exact) mass is 176 g/mol. The second-order valence-corrected chi connectivity index (χ2v) is 2.69. The van der Waals surface area contributed by atoms with Crippen LogP contribution >= 0.6 is 0 Å². The molecule has 0 spiro atoms. The highest BCUT2D eigenvalue weighted by Gasteiger charge is 2.19. The summed E-state index contributed by atoms with van der Waals surface area (Å²) in [7, 11) is 0. The van der Waals surface area contributed by atoms with Crippen molar-refractivity contribution in [1.82, 2.24) is 0 Å². The molecule has 1 aromatic carbocycles. The maximum absolute atomic E-state index is 11.2. The van der Waals surface area contributed by atoms with E-state index >= 15 is 0 Å². The summed E-state index contributed by atoms with van der Waals surface area (Å²) in [6.07, 6.45) is 1.19. The molecule has 64 valence electrons. The van der Waals surface area contributed by atoms with Gasteiger partial charge in [-0.05, 0) is 17.3 Å². The number of hydrogen-bond acceptors (Lipinski definition) is 4. The van der Waals surface area contributed by atoms with Crippen LogP contribution in [0.4, 0.5) is 11.4 Å². The lowest BCUT2D eigenvalue weighted by atomic mass is 10.1. The van der Waals surface area contributed by atoms with Crippen LogP contribution in [-0.2, 0) is 6.54 Å². The summed E-state index contributed by atoms with van der Waals surface area (Å²) in [4.78, 5) is 25.2. The molecule has 0 atom stereocenters. The Morgan fingerprint density at radius 1 is 1.46 bits per heavy atom. The van der Waals surface area contributed by atoms with Gasteiger partial charge in [0, 0.05) is 16.4 Å². The average molecular weight is 176 g/mol. The lowest BCUT2D eigenvalue weighted by Crippen LogP contribution is -2.05. The van der Waals surface area contributed by atoms with Crippen LogP contribution in [-0.4, -0.2) is 11.1 Å². The van der Waals surface area contributed by atoms with Gasteiger partial charge in [-0.3, -0.25) is 0 Å². The maximum Gasteiger partial charge on any atom is 0.325 e. The van der Waals surface area contributed by atoms with Gasteiger partial charge in [0.2, 0.25) is 0 Å². The summed E-state index contributed by atoms with van der Waals surface area (Å²) in [6, 6.07) is 4.72. The third kappa shape index (κ3) is 1.24. The van der Waals surface area contributed by atoms with Gasteiger partial charge in [-0.15, -0.1) is 4.91 Å². The van der Waals surface area contributed by atoms with Crippen molar-refractivity contribution in [2.24, 2.45) is 10.2 Å². The molecule has 0 saturated carbocycles. The molecule has 0 aliphatic carbocycles. The predicted molar refractivity (Wildman–Crippen MR) is 47.4 cm³/mol. The second-order valence-electron chi connectivity index (χ2n) is 2.69.